The summed E-state index contributed by atoms with van der Waals surface area (Å²) >= 11 is 0. The molecule has 1 aliphatic heterocycles. The van der Waals surface area contributed by atoms with Crippen molar-refractivity contribution in [2.45, 2.75) is 32.2 Å². The van der Waals surface area contributed by atoms with Gasteiger partial charge in [-0.3, -0.25) is 0 Å². The molecule has 1 atom stereocenters. The summed E-state index contributed by atoms with van der Waals surface area (Å²) < 4.78 is 4.25. The van der Waals surface area contributed by atoms with Crippen LogP contribution >= 0.6 is 0 Å². The van der Waals surface area contributed by atoms with E-state index in [9.17, 15) is 0 Å². The van der Waals surface area contributed by atoms with Crippen molar-refractivity contribution in [3.8, 4) is 0 Å². The molecule has 0 fully saturated rings. The van der Waals surface area contributed by atoms with E-state index >= 15 is 0 Å². The topological polar surface area (TPSA) is 12.5 Å². The van der Waals surface area contributed by atoms with Gasteiger partial charge in [-0.15, -0.1) is 0 Å². The molecule has 0 amide bonds. The SMILES string of the molecule is CC1N(C)c2ccccc2C1(C)C.COC. The molecule has 1 heterocycles. The molecule has 2 rings (SSSR count). The first-order chi connectivity index (χ1) is 7.46. The normalized spacial score (nSPS) is 21.1. The average molecular weight is 221 g/mol. The number of rotatable bonds is 0. The first-order valence-corrected chi connectivity index (χ1v) is 5.69. The number of hydrogen-bond acceptors (Lipinski definition) is 2. The number of nitrogens with zero attached hydrogens (tertiary/aromatic N) is 1. The number of fused-ring (bicyclic) bond motifs is 1. The summed E-state index contributed by atoms with van der Waals surface area (Å²) in [5.41, 5.74) is 3.15. The second-order valence-electron chi connectivity index (χ2n) is 4.93. The lowest BCUT2D eigenvalue weighted by atomic mass is 9.81. The van der Waals surface area contributed by atoms with Gasteiger partial charge in [0.05, 0.1) is 0 Å². The van der Waals surface area contributed by atoms with E-state index < -0.39 is 0 Å². The minimum Gasteiger partial charge on any atom is -0.388 e. The highest BCUT2D eigenvalue weighted by molar-refractivity contribution is 5.62. The fourth-order valence-electron chi connectivity index (χ4n) is 2.24. The maximum atomic E-state index is 4.25. The summed E-state index contributed by atoms with van der Waals surface area (Å²) in [5, 5.41) is 0. The van der Waals surface area contributed by atoms with Crippen molar-refractivity contribution >= 4 is 5.69 Å². The number of methoxy groups -OCH3 is 1. The fraction of sp³-hybridized carbons (Fsp3) is 0.571. The molecule has 0 radical (unpaired) electrons. The zero-order valence-electron chi connectivity index (χ0n) is 11.2. The van der Waals surface area contributed by atoms with Crippen LogP contribution in [0.15, 0.2) is 24.3 Å². The van der Waals surface area contributed by atoms with Gasteiger partial charge in [0.15, 0.2) is 0 Å². The van der Waals surface area contributed by atoms with E-state index in [0.717, 1.165) is 0 Å². The number of benzene rings is 1. The van der Waals surface area contributed by atoms with E-state index in [2.05, 4.69) is 61.7 Å². The minimum absolute atomic E-state index is 0.283. The molecule has 1 aromatic carbocycles. The highest BCUT2D eigenvalue weighted by atomic mass is 16.4. The van der Waals surface area contributed by atoms with Gasteiger partial charge in [-0.05, 0) is 18.6 Å². The molecule has 0 saturated heterocycles. The van der Waals surface area contributed by atoms with Crippen LogP contribution in [-0.4, -0.2) is 27.3 Å². The van der Waals surface area contributed by atoms with Crippen LogP contribution in [0, 0.1) is 0 Å². The van der Waals surface area contributed by atoms with Gasteiger partial charge in [0.2, 0.25) is 0 Å². The highest BCUT2D eigenvalue weighted by Gasteiger charge is 2.39. The Morgan fingerprint density at radius 1 is 1.19 bits per heavy atom. The summed E-state index contributed by atoms with van der Waals surface area (Å²) in [7, 11) is 5.43. The molecule has 0 aromatic heterocycles. The number of likely N-dealkylation sites (N-methyl/N-ethyl adjacent to an activating group) is 1. The summed E-state index contributed by atoms with van der Waals surface area (Å²) in [6.07, 6.45) is 0. The first-order valence-electron chi connectivity index (χ1n) is 5.69. The quantitative estimate of drug-likeness (QED) is 0.667. The zero-order chi connectivity index (χ0) is 12.3. The van der Waals surface area contributed by atoms with E-state index in [1.807, 2.05) is 0 Å². The Labute approximate surface area is 99.2 Å². The predicted octanol–water partition coefficient (Wildman–Crippen LogP) is 3.07. The number of para-hydroxylation sites is 1. The molecule has 2 nitrogen and oxygen atoms in total. The first kappa shape index (κ1) is 13.0. The molecule has 0 N–H and O–H groups in total. The average Bonchev–Trinajstić information content (AvgIpc) is 2.43. The Balaban J connectivity index is 0.000000386. The maximum Gasteiger partial charge on any atom is 0.0405 e. The predicted molar refractivity (Wildman–Crippen MR) is 70.3 cm³/mol. The van der Waals surface area contributed by atoms with Crippen molar-refractivity contribution < 1.29 is 4.74 Å². The van der Waals surface area contributed by atoms with Gasteiger partial charge >= 0.3 is 0 Å². The van der Waals surface area contributed by atoms with Crippen molar-refractivity contribution in [1.29, 1.82) is 0 Å². The maximum absolute atomic E-state index is 4.25. The van der Waals surface area contributed by atoms with Crippen LogP contribution in [0.25, 0.3) is 0 Å². The molecule has 0 saturated carbocycles. The van der Waals surface area contributed by atoms with E-state index in [-0.39, 0.29) is 5.41 Å². The van der Waals surface area contributed by atoms with Crippen LogP contribution in [-0.2, 0) is 10.2 Å². The Hall–Kier alpha value is -1.02. The molecule has 0 spiro atoms. The standard InChI is InChI=1S/C12H17N.C2H6O/c1-9-12(2,3)10-7-5-6-8-11(10)13(9)4;1-3-2/h5-9H,1-4H3;1-2H3. The molecular formula is C14H23NO. The van der Waals surface area contributed by atoms with E-state index in [0.29, 0.717) is 6.04 Å². The highest BCUT2D eigenvalue weighted by Crippen LogP contribution is 2.43. The van der Waals surface area contributed by atoms with Gasteiger partial charge in [-0.1, -0.05) is 32.0 Å². The van der Waals surface area contributed by atoms with Gasteiger partial charge in [0, 0.05) is 38.4 Å². The Morgan fingerprint density at radius 3 is 2.19 bits per heavy atom. The second-order valence-corrected chi connectivity index (χ2v) is 4.93. The van der Waals surface area contributed by atoms with Crippen LogP contribution in [0.3, 0.4) is 0 Å². The largest absolute Gasteiger partial charge is 0.388 e. The lowest BCUT2D eigenvalue weighted by molar-refractivity contribution is 0.277. The van der Waals surface area contributed by atoms with Gasteiger partial charge < -0.3 is 9.64 Å². The third kappa shape index (κ3) is 2.07. The Kier molecular flexibility index (Phi) is 3.98. The molecule has 16 heavy (non-hydrogen) atoms. The molecule has 0 aliphatic carbocycles. The van der Waals surface area contributed by atoms with Crippen LogP contribution in [0.2, 0.25) is 0 Å². The van der Waals surface area contributed by atoms with Gasteiger partial charge in [-0.2, -0.15) is 0 Å². The van der Waals surface area contributed by atoms with Crippen molar-refractivity contribution in [2.75, 3.05) is 26.2 Å². The monoisotopic (exact) mass is 221 g/mol. The van der Waals surface area contributed by atoms with Crippen LogP contribution < -0.4 is 4.90 Å². The van der Waals surface area contributed by atoms with Crippen LogP contribution in [0.5, 0.6) is 0 Å². The third-order valence-electron chi connectivity index (χ3n) is 3.60. The lowest BCUT2D eigenvalue weighted by Gasteiger charge is -2.28. The Morgan fingerprint density at radius 2 is 1.69 bits per heavy atom. The second kappa shape index (κ2) is 4.88. The Bertz CT molecular complexity index is 346. The number of ether oxygens (including phenoxy) is 1. The summed E-state index contributed by atoms with van der Waals surface area (Å²) in [6, 6.07) is 9.29. The van der Waals surface area contributed by atoms with Gasteiger partial charge in [0.25, 0.3) is 0 Å². The zero-order valence-corrected chi connectivity index (χ0v) is 11.2. The summed E-state index contributed by atoms with van der Waals surface area (Å²) in [4.78, 5) is 2.37. The molecule has 1 aliphatic rings. The van der Waals surface area contributed by atoms with E-state index in [4.69, 9.17) is 0 Å². The van der Waals surface area contributed by atoms with Crippen molar-refractivity contribution in [3.05, 3.63) is 29.8 Å². The van der Waals surface area contributed by atoms with Crippen molar-refractivity contribution in [1.82, 2.24) is 0 Å². The summed E-state index contributed by atoms with van der Waals surface area (Å²) in [5.74, 6) is 0. The molecule has 90 valence electrons. The number of hydrogen-bond donors (Lipinski definition) is 0. The molecule has 2 heteroatoms. The fourth-order valence-corrected chi connectivity index (χ4v) is 2.24. The number of anilines is 1. The minimum atomic E-state index is 0.283. The smallest absolute Gasteiger partial charge is 0.0405 e. The van der Waals surface area contributed by atoms with E-state index in [1.54, 1.807) is 14.2 Å². The molecule has 1 unspecified atom stereocenters. The van der Waals surface area contributed by atoms with Gasteiger partial charge in [0.1, 0.15) is 0 Å². The molecular weight excluding hydrogens is 198 g/mol. The van der Waals surface area contributed by atoms with Crippen LogP contribution in [0.1, 0.15) is 26.3 Å². The summed E-state index contributed by atoms with van der Waals surface area (Å²) in [6.45, 7) is 6.93. The molecule has 1 aromatic rings. The molecule has 0 bridgehead atoms. The van der Waals surface area contributed by atoms with Crippen molar-refractivity contribution in [3.63, 3.8) is 0 Å². The van der Waals surface area contributed by atoms with Crippen molar-refractivity contribution in [2.24, 2.45) is 0 Å². The third-order valence-corrected chi connectivity index (χ3v) is 3.60. The van der Waals surface area contributed by atoms with Crippen LogP contribution in [0.4, 0.5) is 5.69 Å². The van der Waals surface area contributed by atoms with E-state index in [1.165, 1.54) is 11.3 Å². The van der Waals surface area contributed by atoms with Gasteiger partial charge in [-0.25, -0.2) is 0 Å². The lowest BCUT2D eigenvalue weighted by Crippen LogP contribution is -2.36.